The van der Waals surface area contributed by atoms with E-state index in [1.54, 1.807) is 0 Å². The third-order valence-electron chi connectivity index (χ3n) is 1.68. The van der Waals surface area contributed by atoms with Crippen LogP contribution in [0.25, 0.3) is 0 Å². The summed E-state index contributed by atoms with van der Waals surface area (Å²) in [7, 11) is 0. The molecule has 1 unspecified atom stereocenters. The van der Waals surface area contributed by atoms with Gasteiger partial charge in [0.2, 0.25) is 0 Å². The van der Waals surface area contributed by atoms with Gasteiger partial charge in [0.25, 0.3) is 0 Å². The lowest BCUT2D eigenvalue weighted by Crippen LogP contribution is -2.25. The average Bonchev–Trinajstić information content (AvgIpc) is 1.85. The van der Waals surface area contributed by atoms with Gasteiger partial charge in [0.05, 0.1) is 17.4 Å². The Morgan fingerprint density at radius 1 is 1.33 bits per heavy atom. The van der Waals surface area contributed by atoms with E-state index in [1.807, 2.05) is 6.07 Å². The lowest BCUT2D eigenvalue weighted by atomic mass is 9.85. The monoisotopic (exact) mass is 179 g/mol. The van der Waals surface area contributed by atoms with Gasteiger partial charge in [-0.3, -0.25) is 0 Å². The molecule has 0 heterocycles. The van der Waals surface area contributed by atoms with Crippen molar-refractivity contribution in [3.63, 3.8) is 0 Å². The fourth-order valence-electron chi connectivity index (χ4n) is 0.927. The Morgan fingerprint density at radius 2 is 1.75 bits per heavy atom. The molecule has 0 saturated heterocycles. The van der Waals surface area contributed by atoms with Crippen LogP contribution in [0.2, 0.25) is 0 Å². The van der Waals surface area contributed by atoms with E-state index in [9.17, 15) is 13.2 Å². The Bertz CT molecular complexity index is 187. The van der Waals surface area contributed by atoms with Crippen molar-refractivity contribution in [2.75, 3.05) is 0 Å². The zero-order chi connectivity index (χ0) is 9.99. The molecule has 0 radical (unpaired) electrons. The fourth-order valence-corrected chi connectivity index (χ4v) is 0.927. The molecule has 1 atom stereocenters. The molecule has 0 saturated carbocycles. The summed E-state index contributed by atoms with van der Waals surface area (Å²) in [6.45, 7) is 4.11. The maximum absolute atomic E-state index is 12.0. The van der Waals surface area contributed by atoms with Gasteiger partial charge in [-0.1, -0.05) is 6.92 Å². The Morgan fingerprint density at radius 3 is 2.00 bits per heavy atom. The smallest absolute Gasteiger partial charge is 0.198 e. The Labute approximate surface area is 70.2 Å². The van der Waals surface area contributed by atoms with Gasteiger partial charge in [-0.25, -0.2) is 0 Å². The minimum absolute atomic E-state index is 0.146. The van der Waals surface area contributed by atoms with Crippen molar-refractivity contribution in [1.29, 1.82) is 5.26 Å². The van der Waals surface area contributed by atoms with Gasteiger partial charge >= 0.3 is 6.18 Å². The molecule has 0 rings (SSSR count). The van der Waals surface area contributed by atoms with Crippen molar-refractivity contribution >= 4 is 0 Å². The normalized spacial score (nSPS) is 15.4. The summed E-state index contributed by atoms with van der Waals surface area (Å²) in [5, 5.41) is 8.49. The van der Waals surface area contributed by atoms with Crippen molar-refractivity contribution in [3.05, 3.63) is 0 Å². The van der Waals surface area contributed by atoms with Crippen LogP contribution in [0.15, 0.2) is 0 Å². The lowest BCUT2D eigenvalue weighted by Gasteiger charge is -2.22. The lowest BCUT2D eigenvalue weighted by molar-refractivity contribution is -0.175. The summed E-state index contributed by atoms with van der Waals surface area (Å²) in [5.74, 6) is -1.41. The highest BCUT2D eigenvalue weighted by molar-refractivity contribution is 4.93. The largest absolute Gasteiger partial charge is 0.391 e. The number of alkyl halides is 3. The number of nitriles is 1. The summed E-state index contributed by atoms with van der Waals surface area (Å²) in [5.41, 5.74) is -0.894. The molecule has 70 valence electrons. The number of halogens is 3. The molecule has 0 aliphatic carbocycles. The van der Waals surface area contributed by atoms with E-state index in [2.05, 4.69) is 0 Å². The first-order valence-corrected chi connectivity index (χ1v) is 3.67. The van der Waals surface area contributed by atoms with Crippen LogP contribution in [-0.2, 0) is 0 Å². The highest BCUT2D eigenvalue weighted by Crippen LogP contribution is 2.34. The van der Waals surface area contributed by atoms with E-state index < -0.39 is 17.5 Å². The minimum Gasteiger partial charge on any atom is -0.198 e. The second kappa shape index (κ2) is 3.34. The first-order chi connectivity index (χ1) is 5.19. The standard InChI is InChI=1S/C8H12F3N/c1-6(8(9,10)11)4-7(2,3)5-12/h6H,4H2,1-3H3. The summed E-state index contributed by atoms with van der Waals surface area (Å²) in [6, 6.07) is 1.84. The van der Waals surface area contributed by atoms with Crippen LogP contribution in [0.5, 0.6) is 0 Å². The fraction of sp³-hybridized carbons (Fsp3) is 0.875. The van der Waals surface area contributed by atoms with Gasteiger partial charge in [-0.2, -0.15) is 18.4 Å². The Balaban J connectivity index is 4.22. The maximum Gasteiger partial charge on any atom is 0.391 e. The molecule has 0 aromatic carbocycles. The van der Waals surface area contributed by atoms with E-state index in [1.165, 1.54) is 13.8 Å². The predicted molar refractivity (Wildman–Crippen MR) is 39.2 cm³/mol. The number of hydrogen-bond donors (Lipinski definition) is 0. The van der Waals surface area contributed by atoms with Crippen LogP contribution >= 0.6 is 0 Å². The summed E-state index contributed by atoms with van der Waals surface area (Å²) in [4.78, 5) is 0. The number of nitrogens with zero attached hydrogens (tertiary/aromatic N) is 1. The SMILES string of the molecule is CC(CC(C)(C)C#N)C(F)(F)F. The molecular weight excluding hydrogens is 167 g/mol. The summed E-state index contributed by atoms with van der Waals surface area (Å²) >= 11 is 0. The van der Waals surface area contributed by atoms with E-state index in [4.69, 9.17) is 5.26 Å². The van der Waals surface area contributed by atoms with Gasteiger partial charge in [0, 0.05) is 0 Å². The van der Waals surface area contributed by atoms with Gasteiger partial charge in [0.15, 0.2) is 0 Å². The van der Waals surface area contributed by atoms with Crippen LogP contribution in [0, 0.1) is 22.7 Å². The van der Waals surface area contributed by atoms with Crippen molar-refractivity contribution in [2.24, 2.45) is 11.3 Å². The zero-order valence-corrected chi connectivity index (χ0v) is 7.37. The van der Waals surface area contributed by atoms with E-state index >= 15 is 0 Å². The topological polar surface area (TPSA) is 23.8 Å². The molecule has 0 N–H and O–H groups in total. The third kappa shape index (κ3) is 3.61. The summed E-state index contributed by atoms with van der Waals surface area (Å²) < 4.78 is 36.0. The van der Waals surface area contributed by atoms with Crippen molar-refractivity contribution < 1.29 is 13.2 Å². The molecule has 0 aliphatic heterocycles. The van der Waals surface area contributed by atoms with E-state index in [0.717, 1.165) is 6.92 Å². The van der Waals surface area contributed by atoms with E-state index in [0.29, 0.717) is 0 Å². The van der Waals surface area contributed by atoms with Crippen LogP contribution in [0.1, 0.15) is 27.2 Å². The molecule has 0 fully saturated rings. The summed E-state index contributed by atoms with van der Waals surface area (Å²) in [6.07, 6.45) is -4.33. The molecule has 1 nitrogen and oxygen atoms in total. The number of rotatable bonds is 2. The Kier molecular flexibility index (Phi) is 3.14. The van der Waals surface area contributed by atoms with Gasteiger partial charge < -0.3 is 0 Å². The molecule has 0 aromatic heterocycles. The average molecular weight is 179 g/mol. The van der Waals surface area contributed by atoms with Crippen molar-refractivity contribution in [1.82, 2.24) is 0 Å². The molecule has 0 aromatic rings. The highest BCUT2D eigenvalue weighted by atomic mass is 19.4. The Hall–Kier alpha value is -0.720. The first-order valence-electron chi connectivity index (χ1n) is 3.67. The van der Waals surface area contributed by atoms with Crippen LogP contribution in [0.4, 0.5) is 13.2 Å². The van der Waals surface area contributed by atoms with Crippen LogP contribution in [0.3, 0.4) is 0 Å². The third-order valence-corrected chi connectivity index (χ3v) is 1.68. The zero-order valence-electron chi connectivity index (χ0n) is 7.37. The molecule has 0 amide bonds. The van der Waals surface area contributed by atoms with Gasteiger partial charge in [0.1, 0.15) is 0 Å². The van der Waals surface area contributed by atoms with Gasteiger partial charge in [-0.05, 0) is 20.3 Å². The first kappa shape index (κ1) is 11.3. The van der Waals surface area contributed by atoms with Crippen molar-refractivity contribution in [2.45, 2.75) is 33.4 Å². The molecule has 0 spiro atoms. The van der Waals surface area contributed by atoms with E-state index in [-0.39, 0.29) is 6.42 Å². The highest BCUT2D eigenvalue weighted by Gasteiger charge is 2.39. The molecule has 12 heavy (non-hydrogen) atoms. The van der Waals surface area contributed by atoms with Gasteiger partial charge in [-0.15, -0.1) is 0 Å². The van der Waals surface area contributed by atoms with Crippen LogP contribution in [-0.4, -0.2) is 6.18 Å². The quantitative estimate of drug-likeness (QED) is 0.638. The molecule has 4 heteroatoms. The van der Waals surface area contributed by atoms with Crippen molar-refractivity contribution in [3.8, 4) is 6.07 Å². The van der Waals surface area contributed by atoms with Crippen LogP contribution < -0.4 is 0 Å². The molecule has 0 bridgehead atoms. The minimum atomic E-state index is -4.19. The second-order valence-electron chi connectivity index (χ2n) is 3.64. The molecule has 0 aliphatic rings. The predicted octanol–water partition coefficient (Wildman–Crippen LogP) is 3.12. The molecular formula is C8H12F3N. The number of hydrogen-bond acceptors (Lipinski definition) is 1. The maximum atomic E-state index is 12.0. The second-order valence-corrected chi connectivity index (χ2v) is 3.64.